The molecule has 2 atom stereocenters. The van der Waals surface area contributed by atoms with Crippen molar-refractivity contribution in [2.75, 3.05) is 20.2 Å². The standard InChI is InChI=1S/C20H24N6O2/c1-27-19-4-3-15(9-16(19)12-25-7-2-6-22-25)11-24-8-5-20-18(13-24)26-17(14-28-20)10-21-23-26/h2-4,6-7,9-10,18,20H,5,8,11-14H2,1H3/t18-,20-/m0/s1. The van der Waals surface area contributed by atoms with Crippen LogP contribution in [0.2, 0.25) is 0 Å². The molecular formula is C20H24N6O2. The predicted octanol–water partition coefficient (Wildman–Crippen LogP) is 1.88. The molecule has 0 saturated carbocycles. The maximum Gasteiger partial charge on any atom is 0.123 e. The van der Waals surface area contributed by atoms with E-state index in [2.05, 4.69) is 43.2 Å². The van der Waals surface area contributed by atoms with Crippen LogP contribution in [0.25, 0.3) is 0 Å². The van der Waals surface area contributed by atoms with Gasteiger partial charge in [0.1, 0.15) is 5.75 Å². The number of piperidine rings is 1. The number of hydrogen-bond acceptors (Lipinski definition) is 6. The minimum Gasteiger partial charge on any atom is -0.496 e. The maximum atomic E-state index is 6.02. The van der Waals surface area contributed by atoms with Crippen LogP contribution in [0.15, 0.2) is 42.9 Å². The number of ether oxygens (including phenoxy) is 2. The lowest BCUT2D eigenvalue weighted by Gasteiger charge is -2.41. The predicted molar refractivity (Wildman–Crippen MR) is 102 cm³/mol. The van der Waals surface area contributed by atoms with Crippen molar-refractivity contribution in [2.24, 2.45) is 0 Å². The van der Waals surface area contributed by atoms with E-state index >= 15 is 0 Å². The number of benzene rings is 1. The maximum absolute atomic E-state index is 6.02. The fourth-order valence-electron chi connectivity index (χ4n) is 4.27. The van der Waals surface area contributed by atoms with E-state index in [4.69, 9.17) is 9.47 Å². The second-order valence-electron chi connectivity index (χ2n) is 7.46. The van der Waals surface area contributed by atoms with Gasteiger partial charge in [-0.1, -0.05) is 11.3 Å². The van der Waals surface area contributed by atoms with Gasteiger partial charge < -0.3 is 9.47 Å². The van der Waals surface area contributed by atoms with Gasteiger partial charge in [-0.05, 0) is 30.2 Å². The Morgan fingerprint density at radius 2 is 2.25 bits per heavy atom. The number of hydrogen-bond donors (Lipinski definition) is 0. The molecule has 2 aromatic heterocycles. The molecule has 8 heteroatoms. The van der Waals surface area contributed by atoms with Crippen molar-refractivity contribution in [3.05, 3.63) is 59.7 Å². The highest BCUT2D eigenvalue weighted by Gasteiger charge is 2.36. The summed E-state index contributed by atoms with van der Waals surface area (Å²) in [7, 11) is 1.71. The fourth-order valence-corrected chi connectivity index (χ4v) is 4.27. The quantitative estimate of drug-likeness (QED) is 0.673. The summed E-state index contributed by atoms with van der Waals surface area (Å²) in [5, 5.41) is 12.7. The zero-order valence-corrected chi connectivity index (χ0v) is 15.9. The molecule has 2 aliphatic heterocycles. The first-order chi connectivity index (χ1) is 13.8. The number of methoxy groups -OCH3 is 1. The van der Waals surface area contributed by atoms with Crippen molar-refractivity contribution >= 4 is 0 Å². The van der Waals surface area contributed by atoms with Crippen LogP contribution in [0, 0.1) is 0 Å². The molecule has 1 saturated heterocycles. The van der Waals surface area contributed by atoms with Gasteiger partial charge in [0.25, 0.3) is 0 Å². The normalized spacial score (nSPS) is 21.9. The Labute approximate surface area is 163 Å². The smallest absolute Gasteiger partial charge is 0.123 e. The summed E-state index contributed by atoms with van der Waals surface area (Å²) in [6, 6.07) is 8.60. The van der Waals surface area contributed by atoms with E-state index in [1.54, 1.807) is 19.5 Å². The third kappa shape index (κ3) is 3.29. The second-order valence-corrected chi connectivity index (χ2v) is 7.46. The summed E-state index contributed by atoms with van der Waals surface area (Å²) < 4.78 is 15.5. The van der Waals surface area contributed by atoms with Gasteiger partial charge in [-0.2, -0.15) is 5.10 Å². The highest BCUT2D eigenvalue weighted by Crippen LogP contribution is 2.31. The van der Waals surface area contributed by atoms with Crippen molar-refractivity contribution in [3.8, 4) is 5.75 Å². The molecular weight excluding hydrogens is 356 g/mol. The van der Waals surface area contributed by atoms with Crippen molar-refractivity contribution in [1.29, 1.82) is 0 Å². The second kappa shape index (κ2) is 7.37. The Hall–Kier alpha value is -2.71. The van der Waals surface area contributed by atoms with E-state index in [0.29, 0.717) is 13.2 Å². The Morgan fingerprint density at radius 3 is 3.11 bits per heavy atom. The minimum absolute atomic E-state index is 0.233. The average Bonchev–Trinajstić information content (AvgIpc) is 3.40. The molecule has 0 amide bonds. The lowest BCUT2D eigenvalue weighted by Crippen LogP contribution is -2.47. The third-order valence-electron chi connectivity index (χ3n) is 5.66. The van der Waals surface area contributed by atoms with Crippen molar-refractivity contribution in [1.82, 2.24) is 29.7 Å². The number of likely N-dealkylation sites (tertiary alicyclic amines) is 1. The molecule has 1 aromatic carbocycles. The van der Waals surface area contributed by atoms with Crippen molar-refractivity contribution in [3.63, 3.8) is 0 Å². The van der Waals surface area contributed by atoms with Gasteiger partial charge in [-0.15, -0.1) is 5.10 Å². The van der Waals surface area contributed by atoms with E-state index < -0.39 is 0 Å². The van der Waals surface area contributed by atoms with Gasteiger partial charge in [0, 0.05) is 37.6 Å². The SMILES string of the molecule is COc1ccc(CN2CC[C@@H]3OCc4cnnn4[C@H]3C2)cc1Cn1cccn1. The van der Waals surface area contributed by atoms with Crippen molar-refractivity contribution in [2.45, 2.75) is 38.3 Å². The molecule has 146 valence electrons. The zero-order valence-electron chi connectivity index (χ0n) is 15.9. The summed E-state index contributed by atoms with van der Waals surface area (Å²) >= 11 is 0. The summed E-state index contributed by atoms with van der Waals surface area (Å²) in [6.45, 7) is 4.14. The van der Waals surface area contributed by atoms with Crippen LogP contribution in [0.5, 0.6) is 5.75 Å². The molecule has 1 fully saturated rings. The molecule has 0 aliphatic carbocycles. The van der Waals surface area contributed by atoms with Crippen LogP contribution in [-0.4, -0.2) is 56.0 Å². The number of nitrogens with zero attached hydrogens (tertiary/aromatic N) is 6. The minimum atomic E-state index is 0.233. The summed E-state index contributed by atoms with van der Waals surface area (Å²) in [6.07, 6.45) is 6.82. The molecule has 28 heavy (non-hydrogen) atoms. The molecule has 0 bridgehead atoms. The Balaban J connectivity index is 1.32. The van der Waals surface area contributed by atoms with Crippen LogP contribution in [0.3, 0.4) is 0 Å². The Kier molecular flexibility index (Phi) is 4.58. The lowest BCUT2D eigenvalue weighted by atomic mass is 9.99. The largest absolute Gasteiger partial charge is 0.496 e. The first-order valence-corrected chi connectivity index (χ1v) is 9.66. The van der Waals surface area contributed by atoms with Crippen LogP contribution in [-0.2, 0) is 24.4 Å². The first-order valence-electron chi connectivity index (χ1n) is 9.66. The molecule has 5 rings (SSSR count). The highest BCUT2D eigenvalue weighted by molar-refractivity contribution is 5.37. The molecule has 0 N–H and O–H groups in total. The van der Waals surface area contributed by atoms with Crippen molar-refractivity contribution < 1.29 is 9.47 Å². The van der Waals surface area contributed by atoms with Gasteiger partial charge >= 0.3 is 0 Å². The summed E-state index contributed by atoms with van der Waals surface area (Å²) in [5.74, 6) is 0.894. The molecule has 2 aliphatic rings. The van der Waals surface area contributed by atoms with E-state index in [1.807, 2.05) is 16.9 Å². The van der Waals surface area contributed by atoms with Crippen LogP contribution < -0.4 is 4.74 Å². The van der Waals surface area contributed by atoms with E-state index in [9.17, 15) is 0 Å². The van der Waals surface area contributed by atoms with Crippen LogP contribution in [0.1, 0.15) is 29.3 Å². The summed E-state index contributed by atoms with van der Waals surface area (Å²) in [4.78, 5) is 2.47. The van der Waals surface area contributed by atoms with E-state index in [0.717, 1.165) is 43.1 Å². The molecule has 0 radical (unpaired) electrons. The topological polar surface area (TPSA) is 70.2 Å². The van der Waals surface area contributed by atoms with Gasteiger partial charge in [-0.25, -0.2) is 4.68 Å². The average molecular weight is 380 g/mol. The third-order valence-corrected chi connectivity index (χ3v) is 5.66. The summed E-state index contributed by atoms with van der Waals surface area (Å²) in [5.41, 5.74) is 3.48. The lowest BCUT2D eigenvalue weighted by molar-refractivity contribution is -0.0669. The molecule has 0 unspecified atom stereocenters. The molecule has 8 nitrogen and oxygen atoms in total. The van der Waals surface area contributed by atoms with E-state index in [1.165, 1.54) is 5.56 Å². The molecule has 4 heterocycles. The monoisotopic (exact) mass is 380 g/mol. The first kappa shape index (κ1) is 17.4. The molecule has 3 aromatic rings. The number of aromatic nitrogens is 5. The molecule has 0 spiro atoms. The van der Waals surface area contributed by atoms with Crippen LogP contribution >= 0.6 is 0 Å². The number of rotatable bonds is 5. The van der Waals surface area contributed by atoms with Gasteiger partial charge in [0.2, 0.25) is 0 Å². The Bertz CT molecular complexity index is 938. The van der Waals surface area contributed by atoms with Gasteiger partial charge in [0.15, 0.2) is 0 Å². The van der Waals surface area contributed by atoms with E-state index in [-0.39, 0.29) is 12.1 Å². The Morgan fingerprint density at radius 1 is 1.29 bits per heavy atom. The number of fused-ring (bicyclic) bond motifs is 3. The van der Waals surface area contributed by atoms with Gasteiger partial charge in [0.05, 0.1) is 44.3 Å². The van der Waals surface area contributed by atoms with Gasteiger partial charge in [-0.3, -0.25) is 9.58 Å². The zero-order chi connectivity index (χ0) is 18.9. The van der Waals surface area contributed by atoms with Crippen LogP contribution in [0.4, 0.5) is 0 Å². The fraction of sp³-hybridized carbons (Fsp3) is 0.450. The highest BCUT2D eigenvalue weighted by atomic mass is 16.5.